The van der Waals surface area contributed by atoms with Crippen LogP contribution in [0.2, 0.25) is 5.02 Å². The second kappa shape index (κ2) is 8.08. The summed E-state index contributed by atoms with van der Waals surface area (Å²) in [6.07, 6.45) is 8.32. The van der Waals surface area contributed by atoms with Crippen molar-refractivity contribution in [3.8, 4) is 0 Å². The molecule has 0 bridgehead atoms. The van der Waals surface area contributed by atoms with Gasteiger partial charge in [-0.15, -0.1) is 11.3 Å². The second-order valence-corrected chi connectivity index (χ2v) is 7.47. The Hall–Kier alpha value is -1.17. The number of thiazole rings is 1. The minimum absolute atomic E-state index is 0.483. The number of nitrogens with zero attached hydrogens (tertiary/aromatic N) is 2. The zero-order valence-corrected chi connectivity index (χ0v) is 15.3. The Balaban J connectivity index is 1.72. The van der Waals surface area contributed by atoms with Gasteiger partial charge >= 0.3 is 0 Å². The molecule has 0 unspecified atom stereocenters. The van der Waals surface area contributed by atoms with Crippen molar-refractivity contribution in [3.05, 3.63) is 51.2 Å². The summed E-state index contributed by atoms with van der Waals surface area (Å²) in [7, 11) is 0. The molecule has 0 atom stereocenters. The Bertz CT molecular complexity index is 729. The number of benzene rings is 1. The number of thiocarbonyl (C=S) groups is 1. The van der Waals surface area contributed by atoms with Gasteiger partial charge in [-0.3, -0.25) is 0 Å². The third-order valence-corrected chi connectivity index (χ3v) is 5.46. The standard InChI is InChI=1S/C17H20ClN3S2/c18-15-9-5-4-6-13(15)12-21-10-11-23-17(21)20-16(22)19-14-7-2-1-3-8-14/h4-6,9-11,14H,1-3,7-8,12H2,(H,19,22). The molecule has 0 radical (unpaired) electrons. The summed E-state index contributed by atoms with van der Waals surface area (Å²) in [6.45, 7) is 0.702. The highest BCUT2D eigenvalue weighted by Gasteiger charge is 2.13. The van der Waals surface area contributed by atoms with Gasteiger partial charge < -0.3 is 9.88 Å². The topological polar surface area (TPSA) is 29.3 Å². The van der Waals surface area contributed by atoms with Gasteiger partial charge in [-0.2, -0.15) is 4.99 Å². The quantitative estimate of drug-likeness (QED) is 0.819. The first-order valence-corrected chi connectivity index (χ1v) is 9.61. The van der Waals surface area contributed by atoms with Crippen LogP contribution in [0.25, 0.3) is 0 Å². The Morgan fingerprint density at radius 2 is 2.09 bits per heavy atom. The molecule has 1 N–H and O–H groups in total. The summed E-state index contributed by atoms with van der Waals surface area (Å²) in [6, 6.07) is 8.38. The first-order chi connectivity index (χ1) is 11.2. The molecule has 0 spiro atoms. The number of rotatable bonds is 3. The third kappa shape index (κ3) is 4.66. The van der Waals surface area contributed by atoms with Crippen LogP contribution < -0.4 is 10.1 Å². The van der Waals surface area contributed by atoms with Crippen molar-refractivity contribution in [1.29, 1.82) is 0 Å². The maximum atomic E-state index is 6.25. The average molecular weight is 366 g/mol. The third-order valence-electron chi connectivity index (χ3n) is 4.09. The average Bonchev–Trinajstić information content (AvgIpc) is 2.97. The Kier molecular flexibility index (Phi) is 5.86. The van der Waals surface area contributed by atoms with E-state index in [1.54, 1.807) is 11.3 Å². The van der Waals surface area contributed by atoms with Gasteiger partial charge in [0.1, 0.15) is 0 Å². The monoisotopic (exact) mass is 365 g/mol. The van der Waals surface area contributed by atoms with Gasteiger partial charge in [-0.25, -0.2) is 0 Å². The number of aromatic nitrogens is 1. The van der Waals surface area contributed by atoms with Crippen molar-refractivity contribution in [3.63, 3.8) is 0 Å². The predicted molar refractivity (Wildman–Crippen MR) is 101 cm³/mol. The number of hydrogen-bond donors (Lipinski definition) is 1. The number of hydrogen-bond acceptors (Lipinski definition) is 2. The Labute approximate surface area is 151 Å². The van der Waals surface area contributed by atoms with E-state index in [-0.39, 0.29) is 0 Å². The van der Waals surface area contributed by atoms with E-state index in [4.69, 9.17) is 23.8 Å². The molecule has 122 valence electrons. The van der Waals surface area contributed by atoms with Gasteiger partial charge in [0.2, 0.25) is 0 Å². The molecule has 6 heteroatoms. The van der Waals surface area contributed by atoms with Crippen molar-refractivity contribution >= 4 is 40.3 Å². The van der Waals surface area contributed by atoms with Crippen molar-refractivity contribution in [2.45, 2.75) is 44.7 Å². The molecule has 1 fully saturated rings. The summed E-state index contributed by atoms with van der Waals surface area (Å²) in [5.74, 6) is 0. The van der Waals surface area contributed by atoms with E-state index < -0.39 is 0 Å². The van der Waals surface area contributed by atoms with Crippen LogP contribution in [0.3, 0.4) is 0 Å². The minimum atomic E-state index is 0.483. The van der Waals surface area contributed by atoms with Gasteiger partial charge in [-0.05, 0) is 36.7 Å². The minimum Gasteiger partial charge on any atom is -0.358 e. The van der Waals surface area contributed by atoms with Gasteiger partial charge in [0.25, 0.3) is 0 Å². The van der Waals surface area contributed by atoms with Crippen LogP contribution in [0, 0.1) is 0 Å². The van der Waals surface area contributed by atoms with E-state index in [0.717, 1.165) is 15.4 Å². The zero-order valence-electron chi connectivity index (χ0n) is 12.9. The van der Waals surface area contributed by atoms with E-state index in [1.807, 2.05) is 35.8 Å². The molecular formula is C17H20ClN3S2. The number of halogens is 1. The summed E-state index contributed by atoms with van der Waals surface area (Å²) in [5, 5.41) is 6.79. The van der Waals surface area contributed by atoms with Crippen LogP contribution in [0.1, 0.15) is 37.7 Å². The molecule has 1 heterocycles. The molecule has 1 aliphatic carbocycles. The van der Waals surface area contributed by atoms with Crippen LogP contribution >= 0.6 is 35.2 Å². The van der Waals surface area contributed by atoms with Crippen molar-refractivity contribution < 1.29 is 0 Å². The highest BCUT2D eigenvalue weighted by atomic mass is 35.5. The van der Waals surface area contributed by atoms with Crippen LogP contribution in [0.4, 0.5) is 0 Å². The molecular weight excluding hydrogens is 346 g/mol. The molecule has 2 aromatic rings. The molecule has 3 rings (SSSR count). The van der Waals surface area contributed by atoms with E-state index in [2.05, 4.69) is 14.9 Å². The predicted octanol–water partition coefficient (Wildman–Crippen LogP) is 4.36. The zero-order chi connectivity index (χ0) is 16.1. The lowest BCUT2D eigenvalue weighted by atomic mass is 9.96. The fourth-order valence-corrected chi connectivity index (χ4v) is 4.10. The van der Waals surface area contributed by atoms with Crippen molar-refractivity contribution in [1.82, 2.24) is 9.88 Å². The highest BCUT2D eigenvalue weighted by molar-refractivity contribution is 7.80. The summed E-state index contributed by atoms with van der Waals surface area (Å²) in [4.78, 5) is 5.50. The SMILES string of the molecule is S=C(N=c1sccn1Cc1ccccc1Cl)NC1CCCCC1. The lowest BCUT2D eigenvalue weighted by molar-refractivity contribution is 0.414. The lowest BCUT2D eigenvalue weighted by Crippen LogP contribution is -2.35. The molecule has 1 saturated carbocycles. The van der Waals surface area contributed by atoms with Gasteiger partial charge in [0.15, 0.2) is 9.91 Å². The molecule has 23 heavy (non-hydrogen) atoms. The van der Waals surface area contributed by atoms with E-state index in [1.165, 1.54) is 32.1 Å². The molecule has 0 saturated heterocycles. The first kappa shape index (κ1) is 16.7. The normalized spacial score (nSPS) is 16.5. The van der Waals surface area contributed by atoms with Gasteiger partial charge in [0, 0.05) is 22.6 Å². The Morgan fingerprint density at radius 3 is 2.87 bits per heavy atom. The van der Waals surface area contributed by atoms with Crippen LogP contribution in [0.15, 0.2) is 40.8 Å². The van der Waals surface area contributed by atoms with E-state index >= 15 is 0 Å². The molecule has 0 amide bonds. The van der Waals surface area contributed by atoms with Crippen LogP contribution in [-0.2, 0) is 6.54 Å². The van der Waals surface area contributed by atoms with Gasteiger partial charge in [-0.1, -0.05) is 49.1 Å². The maximum Gasteiger partial charge on any atom is 0.195 e. The Morgan fingerprint density at radius 1 is 1.30 bits per heavy atom. The number of nitrogens with one attached hydrogen (secondary N) is 1. The smallest absolute Gasteiger partial charge is 0.195 e. The van der Waals surface area contributed by atoms with Crippen molar-refractivity contribution in [2.24, 2.45) is 4.99 Å². The van der Waals surface area contributed by atoms with Gasteiger partial charge in [0.05, 0.1) is 6.54 Å². The second-order valence-electron chi connectivity index (χ2n) is 5.80. The molecule has 1 aromatic carbocycles. The van der Waals surface area contributed by atoms with E-state index in [9.17, 15) is 0 Å². The molecule has 0 aliphatic heterocycles. The molecule has 1 aliphatic rings. The fourth-order valence-electron chi connectivity index (χ4n) is 2.86. The molecule has 3 nitrogen and oxygen atoms in total. The van der Waals surface area contributed by atoms with Crippen LogP contribution in [-0.4, -0.2) is 15.7 Å². The van der Waals surface area contributed by atoms with Crippen LogP contribution in [0.5, 0.6) is 0 Å². The lowest BCUT2D eigenvalue weighted by Gasteiger charge is -2.22. The highest BCUT2D eigenvalue weighted by Crippen LogP contribution is 2.17. The maximum absolute atomic E-state index is 6.25. The summed E-state index contributed by atoms with van der Waals surface area (Å²) >= 11 is 13.3. The largest absolute Gasteiger partial charge is 0.358 e. The first-order valence-electron chi connectivity index (χ1n) is 7.95. The van der Waals surface area contributed by atoms with E-state index in [0.29, 0.717) is 17.7 Å². The fraction of sp³-hybridized carbons (Fsp3) is 0.412. The summed E-state index contributed by atoms with van der Waals surface area (Å²) in [5.41, 5.74) is 1.08. The van der Waals surface area contributed by atoms with Crippen molar-refractivity contribution in [2.75, 3.05) is 0 Å². The summed E-state index contributed by atoms with van der Waals surface area (Å²) < 4.78 is 2.08. The molecule has 1 aromatic heterocycles.